The molecule has 0 aliphatic carbocycles. The van der Waals surface area contributed by atoms with Crippen LogP contribution in [0, 0.1) is 13.8 Å². The lowest BCUT2D eigenvalue weighted by molar-refractivity contribution is -0.137. The highest BCUT2D eigenvalue weighted by Gasteiger charge is 2.47. The van der Waals surface area contributed by atoms with Crippen molar-refractivity contribution >= 4 is 5.91 Å². The van der Waals surface area contributed by atoms with Gasteiger partial charge in [-0.05, 0) is 62.1 Å². The molecule has 0 N–H and O–H groups in total. The van der Waals surface area contributed by atoms with Crippen LogP contribution in [0.4, 0.5) is 13.2 Å². The lowest BCUT2D eigenvalue weighted by Crippen LogP contribution is -2.49. The first kappa shape index (κ1) is 21.6. The fourth-order valence-corrected chi connectivity index (χ4v) is 4.93. The molecule has 2 bridgehead atoms. The summed E-state index contributed by atoms with van der Waals surface area (Å²) in [6, 6.07) is 6.64. The molecule has 2 fully saturated rings. The van der Waals surface area contributed by atoms with Crippen molar-refractivity contribution in [3.05, 3.63) is 58.4 Å². The van der Waals surface area contributed by atoms with E-state index in [0.717, 1.165) is 36.5 Å². The number of piperazine rings is 1. The molecule has 1 amide bonds. The maximum absolute atomic E-state index is 12.9. The number of halogens is 3. The molecule has 3 heterocycles. The number of carbonyl (C=O) groups excluding carboxylic acids is 1. The minimum atomic E-state index is -4.46. The average Bonchev–Trinajstić information content (AvgIpc) is 3.35. The molecule has 5 nitrogen and oxygen atoms in total. The predicted octanol–water partition coefficient (Wildman–Crippen LogP) is 4.39. The van der Waals surface area contributed by atoms with Crippen molar-refractivity contribution in [2.75, 3.05) is 20.2 Å². The molecular weight excluding hydrogens is 407 g/mol. The number of pyridine rings is 1. The van der Waals surface area contributed by atoms with Gasteiger partial charge in [-0.25, -0.2) is 0 Å². The number of rotatable bonds is 4. The summed E-state index contributed by atoms with van der Waals surface area (Å²) in [4.78, 5) is 20.8. The number of methoxy groups -OCH3 is 1. The van der Waals surface area contributed by atoms with E-state index in [1.165, 1.54) is 17.2 Å². The van der Waals surface area contributed by atoms with Crippen molar-refractivity contribution in [3.8, 4) is 5.75 Å². The third-order valence-electron chi connectivity index (χ3n) is 6.80. The molecule has 0 unspecified atom stereocenters. The Kier molecular flexibility index (Phi) is 5.45. The van der Waals surface area contributed by atoms with Crippen LogP contribution < -0.4 is 4.74 Å². The van der Waals surface area contributed by atoms with E-state index in [2.05, 4.69) is 36.7 Å². The van der Waals surface area contributed by atoms with Crippen molar-refractivity contribution < 1.29 is 22.7 Å². The zero-order valence-corrected chi connectivity index (χ0v) is 18.0. The minimum Gasteiger partial charge on any atom is -0.496 e. The third kappa shape index (κ3) is 3.78. The van der Waals surface area contributed by atoms with Gasteiger partial charge in [-0.3, -0.25) is 14.7 Å². The Morgan fingerprint density at radius 1 is 1.13 bits per heavy atom. The first-order chi connectivity index (χ1) is 14.6. The van der Waals surface area contributed by atoms with Crippen LogP contribution in [-0.4, -0.2) is 53.0 Å². The van der Waals surface area contributed by atoms with Gasteiger partial charge in [0, 0.05) is 37.4 Å². The van der Waals surface area contributed by atoms with Gasteiger partial charge in [0.15, 0.2) is 0 Å². The summed E-state index contributed by atoms with van der Waals surface area (Å²) in [6.07, 6.45) is -2.87. The average molecular weight is 433 g/mol. The molecule has 4 rings (SSSR count). The number of amides is 1. The second-order valence-electron chi connectivity index (χ2n) is 8.41. The quantitative estimate of drug-likeness (QED) is 0.718. The van der Waals surface area contributed by atoms with E-state index in [1.54, 1.807) is 12.0 Å². The van der Waals surface area contributed by atoms with Crippen LogP contribution >= 0.6 is 0 Å². The van der Waals surface area contributed by atoms with Crippen LogP contribution in [0.15, 0.2) is 30.5 Å². The first-order valence-electron chi connectivity index (χ1n) is 10.4. The molecule has 2 aliphatic rings. The van der Waals surface area contributed by atoms with E-state index in [0.29, 0.717) is 6.54 Å². The van der Waals surface area contributed by atoms with Crippen LogP contribution in [0.1, 0.15) is 52.1 Å². The number of likely N-dealkylation sites (tertiary alicyclic amines) is 2. The van der Waals surface area contributed by atoms with Crippen molar-refractivity contribution in [1.29, 1.82) is 0 Å². The van der Waals surface area contributed by atoms with Gasteiger partial charge in [-0.1, -0.05) is 6.07 Å². The molecule has 1 aromatic heterocycles. The Hall–Kier alpha value is -2.61. The maximum atomic E-state index is 12.9. The Morgan fingerprint density at radius 2 is 1.87 bits per heavy atom. The number of fused-ring (bicyclic) bond motifs is 2. The molecule has 31 heavy (non-hydrogen) atoms. The Balaban J connectivity index is 1.46. The molecule has 8 heteroatoms. The van der Waals surface area contributed by atoms with Gasteiger partial charge in [0.05, 0.1) is 12.7 Å². The van der Waals surface area contributed by atoms with Crippen molar-refractivity contribution in [1.82, 2.24) is 14.8 Å². The van der Waals surface area contributed by atoms with Crippen LogP contribution in [0.5, 0.6) is 5.75 Å². The number of aromatic nitrogens is 1. The highest BCUT2D eigenvalue weighted by Crippen LogP contribution is 2.39. The van der Waals surface area contributed by atoms with Crippen molar-refractivity contribution in [3.63, 3.8) is 0 Å². The minimum absolute atomic E-state index is 0.0451. The van der Waals surface area contributed by atoms with Crippen LogP contribution in [-0.2, 0) is 6.18 Å². The number of nitrogens with zero attached hydrogens (tertiary/aromatic N) is 3. The number of ether oxygens (including phenoxy) is 1. The van der Waals surface area contributed by atoms with Gasteiger partial charge in [0.1, 0.15) is 11.4 Å². The molecular formula is C23H26F3N3O2. The molecule has 166 valence electrons. The molecule has 2 aliphatic heterocycles. The Morgan fingerprint density at radius 3 is 2.42 bits per heavy atom. The molecule has 0 radical (unpaired) electrons. The largest absolute Gasteiger partial charge is 0.496 e. The topological polar surface area (TPSA) is 45.7 Å². The number of hydrogen-bond acceptors (Lipinski definition) is 4. The molecule has 3 atom stereocenters. The smallest absolute Gasteiger partial charge is 0.417 e. The van der Waals surface area contributed by atoms with E-state index in [1.807, 2.05) is 6.07 Å². The van der Waals surface area contributed by atoms with Gasteiger partial charge < -0.3 is 9.64 Å². The highest BCUT2D eigenvalue weighted by molar-refractivity contribution is 5.93. The number of hydrogen-bond donors (Lipinski definition) is 0. The normalized spacial score (nSPS) is 22.1. The molecule has 2 aromatic rings. The first-order valence-corrected chi connectivity index (χ1v) is 10.4. The predicted molar refractivity (Wildman–Crippen MR) is 110 cm³/mol. The maximum Gasteiger partial charge on any atom is 0.417 e. The summed E-state index contributed by atoms with van der Waals surface area (Å²) in [7, 11) is 1.67. The third-order valence-corrected chi connectivity index (χ3v) is 6.80. The van der Waals surface area contributed by atoms with Crippen molar-refractivity contribution in [2.45, 2.75) is 51.5 Å². The summed E-state index contributed by atoms with van der Waals surface area (Å²) >= 11 is 0. The van der Waals surface area contributed by atoms with E-state index >= 15 is 0 Å². The summed E-state index contributed by atoms with van der Waals surface area (Å²) in [5.41, 5.74) is 2.78. The van der Waals surface area contributed by atoms with Crippen LogP contribution in [0.2, 0.25) is 0 Å². The number of benzene rings is 1. The van der Waals surface area contributed by atoms with Gasteiger partial charge in [0.2, 0.25) is 0 Å². The summed E-state index contributed by atoms with van der Waals surface area (Å²) in [5.74, 6) is 0.571. The fraction of sp³-hybridized carbons (Fsp3) is 0.478. The van der Waals surface area contributed by atoms with Gasteiger partial charge in [-0.2, -0.15) is 13.2 Å². The molecule has 0 saturated carbocycles. The van der Waals surface area contributed by atoms with Crippen molar-refractivity contribution in [2.24, 2.45) is 0 Å². The second kappa shape index (κ2) is 7.82. The summed E-state index contributed by atoms with van der Waals surface area (Å²) in [6.45, 7) is 7.63. The number of carbonyl (C=O) groups is 1. The Bertz CT molecular complexity index is 991. The van der Waals surface area contributed by atoms with E-state index < -0.39 is 11.7 Å². The monoisotopic (exact) mass is 433 g/mol. The lowest BCUT2D eigenvalue weighted by Gasteiger charge is -2.38. The van der Waals surface area contributed by atoms with E-state index in [4.69, 9.17) is 4.74 Å². The van der Waals surface area contributed by atoms with Gasteiger partial charge in [0.25, 0.3) is 5.91 Å². The highest BCUT2D eigenvalue weighted by atomic mass is 19.4. The SMILES string of the molecule is COc1ccc([C@H](C)N2C[C@@H]3C[C@H]2CN3C(=O)c2ccc(C(F)(F)F)cn2)c(C)c1C. The summed E-state index contributed by atoms with van der Waals surface area (Å²) < 4.78 is 43.7. The van der Waals surface area contributed by atoms with E-state index in [-0.39, 0.29) is 29.7 Å². The van der Waals surface area contributed by atoms with E-state index in [9.17, 15) is 18.0 Å². The molecule has 2 saturated heterocycles. The number of alkyl halides is 3. The van der Waals surface area contributed by atoms with Crippen LogP contribution in [0.25, 0.3) is 0 Å². The zero-order chi connectivity index (χ0) is 22.5. The Labute approximate surface area is 179 Å². The molecule has 1 aromatic carbocycles. The zero-order valence-electron chi connectivity index (χ0n) is 18.0. The second-order valence-corrected chi connectivity index (χ2v) is 8.41. The summed E-state index contributed by atoms with van der Waals surface area (Å²) in [5, 5.41) is 0. The van der Waals surface area contributed by atoms with Gasteiger partial charge >= 0.3 is 6.18 Å². The fourth-order valence-electron chi connectivity index (χ4n) is 4.93. The van der Waals surface area contributed by atoms with Gasteiger partial charge in [-0.15, -0.1) is 0 Å². The van der Waals surface area contributed by atoms with Crippen LogP contribution in [0.3, 0.4) is 0 Å². The lowest BCUT2D eigenvalue weighted by atomic mass is 9.96. The standard InChI is InChI=1S/C23H26F3N3O2/c1-13-14(2)21(31-4)8-6-19(13)15(3)28-11-18-9-17(28)12-29(18)22(30)20-7-5-16(10-27-20)23(24,25)26/h5-8,10,15,17-18H,9,11-12H2,1-4H3/t15-,17-,18-/m0/s1. The molecule has 0 spiro atoms.